The Bertz CT molecular complexity index is 813. The molecule has 0 aromatic heterocycles. The molecule has 2 aliphatic rings. The van der Waals surface area contributed by atoms with E-state index >= 15 is 0 Å². The van der Waals surface area contributed by atoms with Crippen LogP contribution in [0.4, 0.5) is 11.4 Å². The summed E-state index contributed by atoms with van der Waals surface area (Å²) in [7, 11) is 0. The lowest BCUT2D eigenvalue weighted by Gasteiger charge is -2.17. The summed E-state index contributed by atoms with van der Waals surface area (Å²) >= 11 is 0. The quantitative estimate of drug-likeness (QED) is 0.795. The number of carbonyl (C=O) groups excluding carboxylic acids is 2. The van der Waals surface area contributed by atoms with Gasteiger partial charge in [-0.2, -0.15) is 0 Å². The smallest absolute Gasteiger partial charge is 0.239 e. The van der Waals surface area contributed by atoms with E-state index in [1.807, 2.05) is 35.2 Å². The second-order valence-corrected chi connectivity index (χ2v) is 7.47. The van der Waals surface area contributed by atoms with Gasteiger partial charge in [0.25, 0.3) is 0 Å². The number of benzene rings is 2. The van der Waals surface area contributed by atoms with Gasteiger partial charge in [0.15, 0.2) is 0 Å². The zero-order chi connectivity index (χ0) is 18.7. The molecule has 2 aromatic carbocycles. The first-order valence-electron chi connectivity index (χ1n) is 9.63. The number of hydrogen-bond donors (Lipinski definition) is 2. The molecule has 140 valence electrons. The van der Waals surface area contributed by atoms with Crippen LogP contribution in [-0.4, -0.2) is 31.4 Å². The third-order valence-electron chi connectivity index (χ3n) is 5.57. The van der Waals surface area contributed by atoms with E-state index in [-0.39, 0.29) is 23.8 Å². The predicted molar refractivity (Wildman–Crippen MR) is 107 cm³/mol. The SMILES string of the molecule is O=C(CNc1ccc(N2CCCC2=O)cc1)NCC1(c2ccccc2)CC1. The topological polar surface area (TPSA) is 61.4 Å². The van der Waals surface area contributed by atoms with E-state index in [1.54, 1.807) is 0 Å². The molecule has 0 bridgehead atoms. The molecule has 1 aliphatic heterocycles. The summed E-state index contributed by atoms with van der Waals surface area (Å²) in [6.45, 7) is 1.72. The van der Waals surface area contributed by atoms with Gasteiger partial charge in [-0.1, -0.05) is 30.3 Å². The number of rotatable bonds is 7. The molecule has 1 saturated heterocycles. The van der Waals surface area contributed by atoms with Crippen LogP contribution in [0, 0.1) is 0 Å². The van der Waals surface area contributed by atoms with Crippen molar-refractivity contribution in [3.8, 4) is 0 Å². The van der Waals surface area contributed by atoms with Crippen LogP contribution in [0.2, 0.25) is 0 Å². The summed E-state index contributed by atoms with van der Waals surface area (Å²) in [5, 5.41) is 6.22. The van der Waals surface area contributed by atoms with Crippen LogP contribution in [0.15, 0.2) is 54.6 Å². The maximum absolute atomic E-state index is 12.2. The minimum atomic E-state index is -0.00370. The van der Waals surface area contributed by atoms with Gasteiger partial charge in [-0.3, -0.25) is 9.59 Å². The van der Waals surface area contributed by atoms with Crippen molar-refractivity contribution >= 4 is 23.2 Å². The molecule has 2 aromatic rings. The molecule has 2 amide bonds. The van der Waals surface area contributed by atoms with Crippen molar-refractivity contribution in [1.82, 2.24) is 5.32 Å². The average Bonchev–Trinajstić information content (AvgIpc) is 3.39. The number of hydrogen-bond acceptors (Lipinski definition) is 3. The largest absolute Gasteiger partial charge is 0.376 e. The molecule has 2 fully saturated rings. The van der Waals surface area contributed by atoms with E-state index in [0.717, 1.165) is 37.2 Å². The Hall–Kier alpha value is -2.82. The molecule has 4 rings (SSSR count). The Morgan fingerprint density at radius 2 is 1.78 bits per heavy atom. The van der Waals surface area contributed by atoms with E-state index in [9.17, 15) is 9.59 Å². The average molecular weight is 363 g/mol. The summed E-state index contributed by atoms with van der Waals surface area (Å²) in [5.74, 6) is 0.179. The van der Waals surface area contributed by atoms with Crippen LogP contribution < -0.4 is 15.5 Å². The van der Waals surface area contributed by atoms with Crippen molar-refractivity contribution in [2.45, 2.75) is 31.1 Å². The second-order valence-electron chi connectivity index (χ2n) is 7.47. The van der Waals surface area contributed by atoms with Crippen molar-refractivity contribution < 1.29 is 9.59 Å². The van der Waals surface area contributed by atoms with Crippen LogP contribution in [0.1, 0.15) is 31.2 Å². The number of carbonyl (C=O) groups is 2. The fraction of sp³-hybridized carbons (Fsp3) is 0.364. The molecule has 0 spiro atoms. The van der Waals surface area contributed by atoms with Gasteiger partial charge in [0, 0.05) is 36.3 Å². The molecule has 5 nitrogen and oxygen atoms in total. The first-order chi connectivity index (χ1) is 13.2. The van der Waals surface area contributed by atoms with Crippen molar-refractivity contribution in [3.05, 3.63) is 60.2 Å². The minimum Gasteiger partial charge on any atom is -0.376 e. The maximum atomic E-state index is 12.2. The first kappa shape index (κ1) is 17.6. The van der Waals surface area contributed by atoms with Gasteiger partial charge in [0.05, 0.1) is 6.54 Å². The minimum absolute atomic E-state index is 0.00370. The highest BCUT2D eigenvalue weighted by Crippen LogP contribution is 2.47. The Morgan fingerprint density at radius 1 is 1.04 bits per heavy atom. The van der Waals surface area contributed by atoms with E-state index in [0.29, 0.717) is 13.0 Å². The van der Waals surface area contributed by atoms with Crippen molar-refractivity contribution in [3.63, 3.8) is 0 Å². The summed E-state index contributed by atoms with van der Waals surface area (Å²) in [6.07, 6.45) is 3.80. The zero-order valence-electron chi connectivity index (χ0n) is 15.4. The molecule has 0 unspecified atom stereocenters. The van der Waals surface area contributed by atoms with Gasteiger partial charge in [0.2, 0.25) is 11.8 Å². The van der Waals surface area contributed by atoms with Crippen LogP contribution in [0.25, 0.3) is 0 Å². The van der Waals surface area contributed by atoms with E-state index in [4.69, 9.17) is 0 Å². The fourth-order valence-electron chi connectivity index (χ4n) is 3.70. The molecule has 1 heterocycles. The van der Waals surface area contributed by atoms with E-state index < -0.39 is 0 Å². The summed E-state index contributed by atoms with van der Waals surface area (Å²) in [5.41, 5.74) is 3.24. The lowest BCUT2D eigenvalue weighted by Crippen LogP contribution is -2.35. The van der Waals surface area contributed by atoms with E-state index in [1.165, 1.54) is 5.56 Å². The van der Waals surface area contributed by atoms with Crippen LogP contribution in [0.5, 0.6) is 0 Å². The van der Waals surface area contributed by atoms with Gasteiger partial charge in [-0.05, 0) is 49.1 Å². The molecule has 0 atom stereocenters. The Labute approximate surface area is 159 Å². The fourth-order valence-corrected chi connectivity index (χ4v) is 3.70. The zero-order valence-corrected chi connectivity index (χ0v) is 15.4. The molecule has 27 heavy (non-hydrogen) atoms. The molecular formula is C22H25N3O2. The lowest BCUT2D eigenvalue weighted by molar-refractivity contribution is -0.119. The third-order valence-corrected chi connectivity index (χ3v) is 5.57. The summed E-state index contributed by atoms with van der Waals surface area (Å²) in [6, 6.07) is 18.1. The lowest BCUT2D eigenvalue weighted by atomic mass is 9.96. The highest BCUT2D eigenvalue weighted by Gasteiger charge is 2.44. The first-order valence-corrected chi connectivity index (χ1v) is 9.63. The highest BCUT2D eigenvalue weighted by atomic mass is 16.2. The predicted octanol–water partition coefficient (Wildman–Crippen LogP) is 3.07. The third kappa shape index (κ3) is 3.97. The summed E-state index contributed by atoms with van der Waals surface area (Å²) < 4.78 is 0. The van der Waals surface area contributed by atoms with Gasteiger partial charge >= 0.3 is 0 Å². The van der Waals surface area contributed by atoms with Crippen molar-refractivity contribution in [1.29, 1.82) is 0 Å². The number of nitrogens with one attached hydrogen (secondary N) is 2. The second kappa shape index (κ2) is 7.43. The number of amides is 2. The van der Waals surface area contributed by atoms with Crippen molar-refractivity contribution in [2.24, 2.45) is 0 Å². The molecule has 1 aliphatic carbocycles. The van der Waals surface area contributed by atoms with Gasteiger partial charge in [-0.25, -0.2) is 0 Å². The van der Waals surface area contributed by atoms with Gasteiger partial charge in [0.1, 0.15) is 0 Å². The Kier molecular flexibility index (Phi) is 4.84. The molecule has 5 heteroatoms. The molecule has 0 radical (unpaired) electrons. The Morgan fingerprint density at radius 3 is 2.41 bits per heavy atom. The molecule has 1 saturated carbocycles. The highest BCUT2D eigenvalue weighted by molar-refractivity contribution is 5.95. The normalized spacial score (nSPS) is 17.6. The number of anilines is 2. The van der Waals surface area contributed by atoms with Crippen molar-refractivity contribution in [2.75, 3.05) is 29.9 Å². The number of nitrogens with zero attached hydrogens (tertiary/aromatic N) is 1. The maximum Gasteiger partial charge on any atom is 0.239 e. The summed E-state index contributed by atoms with van der Waals surface area (Å²) in [4.78, 5) is 25.8. The van der Waals surface area contributed by atoms with Crippen LogP contribution in [-0.2, 0) is 15.0 Å². The van der Waals surface area contributed by atoms with E-state index in [2.05, 4.69) is 34.9 Å². The van der Waals surface area contributed by atoms with Gasteiger partial charge in [-0.15, -0.1) is 0 Å². The molecule has 2 N–H and O–H groups in total. The molecular weight excluding hydrogens is 338 g/mol. The standard InChI is InChI=1S/C22H25N3O2/c26-20(24-16-22(12-13-22)17-5-2-1-3-6-17)15-23-18-8-10-19(11-9-18)25-14-4-7-21(25)27/h1-3,5-6,8-11,23H,4,7,12-16H2,(H,24,26). The van der Waals surface area contributed by atoms with Crippen LogP contribution >= 0.6 is 0 Å². The van der Waals surface area contributed by atoms with Crippen LogP contribution in [0.3, 0.4) is 0 Å². The monoisotopic (exact) mass is 363 g/mol. The Balaban J connectivity index is 1.25. The van der Waals surface area contributed by atoms with Gasteiger partial charge < -0.3 is 15.5 Å².